The van der Waals surface area contributed by atoms with Crippen molar-refractivity contribution >= 4 is 5.91 Å². The van der Waals surface area contributed by atoms with Crippen molar-refractivity contribution in [2.24, 2.45) is 0 Å². The van der Waals surface area contributed by atoms with E-state index < -0.39 is 0 Å². The fourth-order valence-electron chi connectivity index (χ4n) is 2.97. The molecule has 0 bridgehead atoms. The highest BCUT2D eigenvalue weighted by molar-refractivity contribution is 5.93. The molecule has 23 heavy (non-hydrogen) atoms. The van der Waals surface area contributed by atoms with E-state index in [2.05, 4.69) is 22.1 Å². The highest BCUT2D eigenvalue weighted by Gasteiger charge is 2.23. The predicted molar refractivity (Wildman–Crippen MR) is 86.2 cm³/mol. The number of carbonyl (C=O) groups excluding carboxylic acids is 1. The van der Waals surface area contributed by atoms with Crippen molar-refractivity contribution in [2.45, 2.75) is 31.8 Å². The summed E-state index contributed by atoms with van der Waals surface area (Å²) in [5.41, 5.74) is 2.65. The van der Waals surface area contributed by atoms with Gasteiger partial charge in [-0.2, -0.15) is 10.2 Å². The number of carbonyl (C=O) groups is 1. The number of nitrogens with zero attached hydrogens (tertiary/aromatic N) is 3. The van der Waals surface area contributed by atoms with Gasteiger partial charge in [0.15, 0.2) is 0 Å². The summed E-state index contributed by atoms with van der Waals surface area (Å²) in [4.78, 5) is 24.2. The SMILES string of the molecule is C=CCn1c2c(ccc1=O)CC(NC(=O)c1ccnnc1)CC2. The Morgan fingerprint density at radius 2 is 2.26 bits per heavy atom. The Hall–Kier alpha value is -2.76. The van der Waals surface area contributed by atoms with Crippen LogP contribution in [-0.2, 0) is 19.4 Å². The maximum absolute atomic E-state index is 12.2. The van der Waals surface area contributed by atoms with Crippen LogP contribution in [0.25, 0.3) is 0 Å². The maximum atomic E-state index is 12.2. The Morgan fingerprint density at radius 3 is 3.00 bits per heavy atom. The highest BCUT2D eigenvalue weighted by atomic mass is 16.1. The Kier molecular flexibility index (Phi) is 4.32. The molecule has 1 aliphatic carbocycles. The smallest absolute Gasteiger partial charge is 0.253 e. The highest BCUT2D eigenvalue weighted by Crippen LogP contribution is 2.20. The van der Waals surface area contributed by atoms with Crippen LogP contribution in [0.5, 0.6) is 0 Å². The fraction of sp³-hybridized carbons (Fsp3) is 0.294. The average molecular weight is 310 g/mol. The van der Waals surface area contributed by atoms with Gasteiger partial charge in [0.05, 0.1) is 18.0 Å². The van der Waals surface area contributed by atoms with Crippen molar-refractivity contribution in [2.75, 3.05) is 0 Å². The third-order valence-corrected chi connectivity index (χ3v) is 4.08. The van der Waals surface area contributed by atoms with E-state index in [0.29, 0.717) is 12.1 Å². The number of hydrogen-bond acceptors (Lipinski definition) is 4. The number of allylic oxidation sites excluding steroid dienone is 1. The second-order valence-electron chi connectivity index (χ2n) is 5.59. The first-order valence-corrected chi connectivity index (χ1v) is 7.59. The largest absolute Gasteiger partial charge is 0.349 e. The lowest BCUT2D eigenvalue weighted by molar-refractivity contribution is 0.0933. The molecule has 1 atom stereocenters. The van der Waals surface area contributed by atoms with Crippen molar-refractivity contribution < 1.29 is 4.79 Å². The number of fused-ring (bicyclic) bond motifs is 1. The van der Waals surface area contributed by atoms with Crippen LogP contribution in [0.3, 0.4) is 0 Å². The summed E-state index contributed by atoms with van der Waals surface area (Å²) in [6, 6.07) is 5.14. The molecule has 3 rings (SSSR count). The number of amides is 1. The predicted octanol–water partition coefficient (Wildman–Crippen LogP) is 1.11. The van der Waals surface area contributed by atoms with Gasteiger partial charge in [-0.25, -0.2) is 0 Å². The van der Waals surface area contributed by atoms with Gasteiger partial charge < -0.3 is 9.88 Å². The van der Waals surface area contributed by atoms with E-state index in [1.54, 1.807) is 22.8 Å². The third-order valence-electron chi connectivity index (χ3n) is 4.08. The molecular formula is C17H18N4O2. The van der Waals surface area contributed by atoms with Crippen molar-refractivity contribution in [3.63, 3.8) is 0 Å². The van der Waals surface area contributed by atoms with Crippen LogP contribution in [0.2, 0.25) is 0 Å². The molecule has 0 saturated carbocycles. The van der Waals surface area contributed by atoms with E-state index in [1.807, 2.05) is 6.07 Å². The molecule has 0 fully saturated rings. The van der Waals surface area contributed by atoms with Crippen molar-refractivity contribution in [1.29, 1.82) is 0 Å². The molecule has 118 valence electrons. The Balaban J connectivity index is 1.76. The van der Waals surface area contributed by atoms with Crippen molar-refractivity contribution in [1.82, 2.24) is 20.1 Å². The first-order valence-electron chi connectivity index (χ1n) is 7.59. The first-order chi connectivity index (χ1) is 11.2. The molecule has 1 amide bonds. The molecule has 6 heteroatoms. The summed E-state index contributed by atoms with van der Waals surface area (Å²) < 4.78 is 1.76. The van der Waals surface area contributed by atoms with Gasteiger partial charge in [-0.15, -0.1) is 6.58 Å². The van der Waals surface area contributed by atoms with Crippen LogP contribution in [0.15, 0.2) is 48.0 Å². The molecule has 0 radical (unpaired) electrons. The van der Waals surface area contributed by atoms with E-state index in [4.69, 9.17) is 0 Å². The molecule has 0 aliphatic heterocycles. The second-order valence-corrected chi connectivity index (χ2v) is 5.59. The summed E-state index contributed by atoms with van der Waals surface area (Å²) in [5.74, 6) is -0.146. The van der Waals surface area contributed by atoms with Crippen molar-refractivity contribution in [3.05, 3.63) is 70.4 Å². The fourth-order valence-corrected chi connectivity index (χ4v) is 2.97. The second kappa shape index (κ2) is 6.56. The van der Waals surface area contributed by atoms with Gasteiger partial charge in [0.1, 0.15) is 0 Å². The monoisotopic (exact) mass is 310 g/mol. The summed E-state index contributed by atoms with van der Waals surface area (Å²) in [6.45, 7) is 4.22. The van der Waals surface area contributed by atoms with Gasteiger partial charge in [-0.05, 0) is 30.9 Å². The van der Waals surface area contributed by atoms with E-state index in [9.17, 15) is 9.59 Å². The van der Waals surface area contributed by atoms with Crippen LogP contribution in [0.4, 0.5) is 0 Å². The summed E-state index contributed by atoms with van der Waals surface area (Å²) in [7, 11) is 0. The van der Waals surface area contributed by atoms with Gasteiger partial charge >= 0.3 is 0 Å². The van der Waals surface area contributed by atoms with E-state index in [0.717, 1.165) is 30.5 Å². The molecule has 1 N–H and O–H groups in total. The topological polar surface area (TPSA) is 76.9 Å². The summed E-state index contributed by atoms with van der Waals surface area (Å²) in [5, 5.41) is 10.4. The number of pyridine rings is 1. The van der Waals surface area contributed by atoms with Gasteiger partial charge in [-0.1, -0.05) is 12.1 Å². The van der Waals surface area contributed by atoms with Crippen LogP contribution in [-0.4, -0.2) is 26.7 Å². The maximum Gasteiger partial charge on any atom is 0.253 e. The molecular weight excluding hydrogens is 292 g/mol. The quantitative estimate of drug-likeness (QED) is 0.858. The number of nitrogens with one attached hydrogen (secondary N) is 1. The zero-order chi connectivity index (χ0) is 16.2. The zero-order valence-electron chi connectivity index (χ0n) is 12.7. The lowest BCUT2D eigenvalue weighted by Crippen LogP contribution is -2.40. The number of aromatic nitrogens is 3. The molecule has 6 nitrogen and oxygen atoms in total. The molecule has 0 aromatic carbocycles. The summed E-state index contributed by atoms with van der Waals surface area (Å²) in [6.07, 6.45) is 6.96. The first kappa shape index (κ1) is 15.1. The van der Waals surface area contributed by atoms with E-state index in [-0.39, 0.29) is 17.5 Å². The van der Waals surface area contributed by atoms with E-state index in [1.165, 1.54) is 12.4 Å². The van der Waals surface area contributed by atoms with Crippen molar-refractivity contribution in [3.8, 4) is 0 Å². The van der Waals surface area contributed by atoms with Crippen LogP contribution in [0, 0.1) is 0 Å². The zero-order valence-corrected chi connectivity index (χ0v) is 12.7. The van der Waals surface area contributed by atoms with Gasteiger partial charge in [0, 0.05) is 24.3 Å². The minimum absolute atomic E-state index is 0.00556. The lowest BCUT2D eigenvalue weighted by Gasteiger charge is -2.27. The van der Waals surface area contributed by atoms with Crippen LogP contribution in [0.1, 0.15) is 28.0 Å². The standard InChI is InChI=1S/C17H18N4O2/c1-2-9-21-15-5-4-14(10-12(15)3-6-16(21)22)20-17(23)13-7-8-18-19-11-13/h2-3,6-8,11,14H,1,4-5,9-10H2,(H,20,23). The number of rotatable bonds is 4. The number of hydrogen-bond donors (Lipinski definition) is 1. The molecule has 1 unspecified atom stereocenters. The normalized spacial score (nSPS) is 16.4. The molecule has 2 aromatic heterocycles. The van der Waals surface area contributed by atoms with E-state index >= 15 is 0 Å². The summed E-state index contributed by atoms with van der Waals surface area (Å²) >= 11 is 0. The Labute approximate surface area is 133 Å². The Bertz CT molecular complexity index is 783. The van der Waals surface area contributed by atoms with Gasteiger partial charge in [0.25, 0.3) is 11.5 Å². The van der Waals surface area contributed by atoms with Gasteiger partial charge in [0.2, 0.25) is 0 Å². The van der Waals surface area contributed by atoms with Crippen LogP contribution < -0.4 is 10.9 Å². The average Bonchev–Trinajstić information content (AvgIpc) is 2.58. The minimum atomic E-state index is -0.146. The molecule has 2 aromatic rings. The van der Waals surface area contributed by atoms with Crippen LogP contribution >= 0.6 is 0 Å². The molecule has 2 heterocycles. The lowest BCUT2D eigenvalue weighted by atomic mass is 9.91. The minimum Gasteiger partial charge on any atom is -0.349 e. The molecule has 0 spiro atoms. The molecule has 0 saturated heterocycles. The van der Waals surface area contributed by atoms with Gasteiger partial charge in [-0.3, -0.25) is 9.59 Å². The molecule has 1 aliphatic rings. The third kappa shape index (κ3) is 3.21. The Morgan fingerprint density at radius 1 is 1.39 bits per heavy atom.